The zero-order valence-electron chi connectivity index (χ0n) is 14.0. The van der Waals surface area contributed by atoms with Crippen molar-refractivity contribution in [2.24, 2.45) is 7.05 Å². The van der Waals surface area contributed by atoms with Crippen LogP contribution in [0.15, 0.2) is 18.7 Å². The van der Waals surface area contributed by atoms with Crippen molar-refractivity contribution in [3.05, 3.63) is 18.7 Å². The van der Waals surface area contributed by atoms with Gasteiger partial charge in [-0.1, -0.05) is 25.7 Å². The molecule has 0 unspecified atom stereocenters. The minimum absolute atomic E-state index is 0.127. The molecule has 0 saturated heterocycles. The van der Waals surface area contributed by atoms with Gasteiger partial charge in [-0.05, 0) is 12.8 Å². The fourth-order valence-electron chi connectivity index (χ4n) is 2.26. The van der Waals surface area contributed by atoms with Crippen molar-refractivity contribution in [3.63, 3.8) is 0 Å². The number of aryl methyl sites for hydroxylation is 1. The van der Waals surface area contributed by atoms with Crippen molar-refractivity contribution in [2.75, 3.05) is 19.2 Å². The molecule has 0 aromatic carbocycles. The molecule has 0 atom stereocenters. The monoisotopic (exact) mass is 310 g/mol. The third-order valence-corrected chi connectivity index (χ3v) is 3.71. The van der Waals surface area contributed by atoms with Crippen LogP contribution in [0.1, 0.15) is 51.4 Å². The van der Waals surface area contributed by atoms with Crippen molar-refractivity contribution in [2.45, 2.75) is 51.4 Å². The van der Waals surface area contributed by atoms with Gasteiger partial charge in [0.15, 0.2) is 6.20 Å². The summed E-state index contributed by atoms with van der Waals surface area (Å²) in [5.74, 6) is -0.00561. The molecule has 0 aliphatic carbocycles. The smallest absolute Gasteiger partial charge is 0.305 e. The van der Waals surface area contributed by atoms with E-state index in [1.54, 1.807) is 16.7 Å². The molecule has 0 aliphatic rings. The van der Waals surface area contributed by atoms with Crippen LogP contribution in [0.3, 0.4) is 0 Å². The third-order valence-electron chi connectivity index (χ3n) is 3.71. The van der Waals surface area contributed by atoms with Gasteiger partial charge in [0.25, 0.3) is 12.2 Å². The molecule has 1 rings (SSSR count). The lowest BCUT2D eigenvalue weighted by Crippen LogP contribution is -2.37. The maximum absolute atomic E-state index is 12.0. The first-order valence-corrected chi connectivity index (χ1v) is 7.91. The van der Waals surface area contributed by atoms with Gasteiger partial charge >= 0.3 is 5.97 Å². The topological polar surface area (TPSA) is 55.4 Å². The van der Waals surface area contributed by atoms with Crippen molar-refractivity contribution in [1.82, 2.24) is 4.68 Å². The summed E-state index contributed by atoms with van der Waals surface area (Å²) in [5.41, 5.74) is 0. The van der Waals surface area contributed by atoms with Gasteiger partial charge in [0, 0.05) is 12.8 Å². The van der Waals surface area contributed by atoms with E-state index < -0.39 is 0 Å². The van der Waals surface area contributed by atoms with Gasteiger partial charge in [-0.2, -0.15) is 5.01 Å². The predicted octanol–water partition coefficient (Wildman–Crippen LogP) is 1.70. The average Bonchev–Trinajstić information content (AvgIpc) is 2.95. The Morgan fingerprint density at radius 1 is 1.09 bits per heavy atom. The van der Waals surface area contributed by atoms with E-state index in [4.69, 9.17) is 0 Å². The fraction of sp³-hybridized carbons (Fsp3) is 0.688. The average molecular weight is 310 g/mol. The van der Waals surface area contributed by atoms with E-state index >= 15 is 0 Å². The van der Waals surface area contributed by atoms with E-state index in [0.717, 1.165) is 38.5 Å². The SMILES string of the molecule is COC(=O)CCCCCCCCC(=O)N(C)n1cc[n+](C)c1. The van der Waals surface area contributed by atoms with Crippen LogP contribution in [-0.2, 0) is 21.4 Å². The number of unbranched alkanes of at least 4 members (excludes halogenated alkanes) is 5. The van der Waals surface area contributed by atoms with Gasteiger partial charge in [0.1, 0.15) is 6.20 Å². The van der Waals surface area contributed by atoms with E-state index in [-0.39, 0.29) is 11.9 Å². The summed E-state index contributed by atoms with van der Waals surface area (Å²) in [6.45, 7) is 0. The summed E-state index contributed by atoms with van der Waals surface area (Å²) in [6, 6.07) is 0. The minimum Gasteiger partial charge on any atom is -0.469 e. The number of carbonyl (C=O) groups is 2. The number of amides is 1. The van der Waals surface area contributed by atoms with Crippen molar-refractivity contribution < 1.29 is 18.9 Å². The summed E-state index contributed by atoms with van der Waals surface area (Å²) in [4.78, 5) is 23.0. The van der Waals surface area contributed by atoms with Gasteiger partial charge in [0.2, 0.25) is 0 Å². The first kappa shape index (κ1) is 18.2. The van der Waals surface area contributed by atoms with Crippen LogP contribution >= 0.6 is 0 Å². The Hall–Kier alpha value is -1.85. The van der Waals surface area contributed by atoms with E-state index in [1.807, 2.05) is 30.3 Å². The van der Waals surface area contributed by atoms with Crippen LogP contribution in [0.2, 0.25) is 0 Å². The van der Waals surface area contributed by atoms with Crippen LogP contribution in [-0.4, -0.2) is 30.7 Å². The summed E-state index contributed by atoms with van der Waals surface area (Å²) < 4.78 is 8.29. The van der Waals surface area contributed by atoms with Crippen LogP contribution in [0.4, 0.5) is 0 Å². The lowest BCUT2D eigenvalue weighted by atomic mass is 10.1. The Kier molecular flexibility index (Phi) is 8.25. The highest BCUT2D eigenvalue weighted by molar-refractivity contribution is 5.85. The number of imidazole rings is 1. The second kappa shape index (κ2) is 9.97. The molecule has 0 fully saturated rings. The van der Waals surface area contributed by atoms with E-state index in [0.29, 0.717) is 12.8 Å². The zero-order valence-corrected chi connectivity index (χ0v) is 14.0. The first-order valence-electron chi connectivity index (χ1n) is 7.91. The number of esters is 1. The summed E-state index contributed by atoms with van der Waals surface area (Å²) >= 11 is 0. The Morgan fingerprint density at radius 3 is 2.23 bits per heavy atom. The molecule has 1 heterocycles. The number of aromatic nitrogens is 2. The number of hydrogen-bond acceptors (Lipinski definition) is 3. The van der Waals surface area contributed by atoms with Gasteiger partial charge in [-0.15, -0.1) is 4.68 Å². The Bertz CT molecular complexity index is 471. The molecule has 0 N–H and O–H groups in total. The largest absolute Gasteiger partial charge is 0.469 e. The molecule has 124 valence electrons. The summed E-state index contributed by atoms with van der Waals surface area (Å²) in [6.07, 6.45) is 12.8. The Labute approximate surface area is 132 Å². The van der Waals surface area contributed by atoms with Crippen molar-refractivity contribution in [1.29, 1.82) is 0 Å². The molecular weight excluding hydrogens is 282 g/mol. The molecule has 0 aliphatic heterocycles. The van der Waals surface area contributed by atoms with Gasteiger partial charge in [0.05, 0.1) is 21.2 Å². The molecule has 0 saturated carbocycles. The molecule has 0 bridgehead atoms. The molecule has 1 aromatic heterocycles. The highest BCUT2D eigenvalue weighted by Gasteiger charge is 2.14. The van der Waals surface area contributed by atoms with E-state index in [1.165, 1.54) is 7.11 Å². The first-order chi connectivity index (χ1) is 10.5. The summed E-state index contributed by atoms with van der Waals surface area (Å²) in [7, 11) is 5.13. The molecule has 22 heavy (non-hydrogen) atoms. The van der Waals surface area contributed by atoms with Crippen LogP contribution in [0.25, 0.3) is 0 Å². The maximum atomic E-state index is 12.0. The Morgan fingerprint density at radius 2 is 1.68 bits per heavy atom. The quantitative estimate of drug-likeness (QED) is 0.375. The number of nitrogens with zero attached hydrogens (tertiary/aromatic N) is 3. The number of rotatable bonds is 10. The van der Waals surface area contributed by atoms with E-state index in [9.17, 15) is 9.59 Å². The standard InChI is InChI=1S/C16H28N3O3/c1-17-12-13-19(14-17)18(2)15(20)10-8-6-4-5-7-9-11-16(21)22-3/h12-14H,4-11H2,1-3H3/q+1. The second-order valence-electron chi connectivity index (χ2n) is 5.57. The van der Waals surface area contributed by atoms with Crippen LogP contribution in [0.5, 0.6) is 0 Å². The molecule has 0 radical (unpaired) electrons. The van der Waals surface area contributed by atoms with Crippen LogP contribution in [0, 0.1) is 0 Å². The van der Waals surface area contributed by atoms with Gasteiger partial charge in [-0.3, -0.25) is 9.59 Å². The minimum atomic E-state index is -0.132. The van der Waals surface area contributed by atoms with Crippen LogP contribution < -0.4 is 9.58 Å². The highest BCUT2D eigenvalue weighted by Crippen LogP contribution is 2.09. The number of methoxy groups -OCH3 is 1. The molecule has 6 nitrogen and oxygen atoms in total. The molecule has 1 amide bonds. The van der Waals surface area contributed by atoms with Gasteiger partial charge in [-0.25, -0.2) is 4.57 Å². The normalized spacial score (nSPS) is 10.5. The highest BCUT2D eigenvalue weighted by atomic mass is 16.5. The molecule has 0 spiro atoms. The predicted molar refractivity (Wildman–Crippen MR) is 83.7 cm³/mol. The third kappa shape index (κ3) is 6.74. The maximum Gasteiger partial charge on any atom is 0.305 e. The van der Waals surface area contributed by atoms with E-state index in [2.05, 4.69) is 4.74 Å². The number of carbonyl (C=O) groups excluding carboxylic acids is 2. The second-order valence-corrected chi connectivity index (χ2v) is 5.57. The molecule has 1 aromatic rings. The summed E-state index contributed by atoms with van der Waals surface area (Å²) in [5, 5.41) is 1.64. The van der Waals surface area contributed by atoms with Crippen molar-refractivity contribution >= 4 is 11.9 Å². The fourth-order valence-corrected chi connectivity index (χ4v) is 2.26. The van der Waals surface area contributed by atoms with Gasteiger partial charge < -0.3 is 4.74 Å². The lowest BCUT2D eigenvalue weighted by Gasteiger charge is -2.11. The molecular formula is C16H28N3O3+. The number of hydrogen-bond donors (Lipinski definition) is 0. The lowest BCUT2D eigenvalue weighted by molar-refractivity contribution is -0.671. The zero-order chi connectivity index (χ0) is 16.4. The number of ether oxygens (including phenoxy) is 1. The van der Waals surface area contributed by atoms with Crippen molar-refractivity contribution in [3.8, 4) is 0 Å². The molecule has 6 heteroatoms. The Balaban J connectivity index is 2.04.